The van der Waals surface area contributed by atoms with Gasteiger partial charge in [0, 0.05) is 25.6 Å². The van der Waals surface area contributed by atoms with Crippen molar-refractivity contribution >= 4 is 16.9 Å². The summed E-state index contributed by atoms with van der Waals surface area (Å²) in [6.07, 6.45) is 1.70. The summed E-state index contributed by atoms with van der Waals surface area (Å²) >= 11 is 0. The van der Waals surface area contributed by atoms with Gasteiger partial charge in [-0.1, -0.05) is 12.1 Å². The summed E-state index contributed by atoms with van der Waals surface area (Å²) < 4.78 is 6.72. The number of carbonyl (C=O) groups excluding carboxylic acids is 1. The first-order chi connectivity index (χ1) is 8.09. The van der Waals surface area contributed by atoms with Crippen molar-refractivity contribution < 1.29 is 9.53 Å². The van der Waals surface area contributed by atoms with Gasteiger partial charge >= 0.3 is 5.97 Å². The Labute approximate surface area is 98.4 Å². The zero-order valence-electron chi connectivity index (χ0n) is 9.77. The highest BCUT2D eigenvalue weighted by molar-refractivity contribution is 5.79. The quantitative estimate of drug-likeness (QED) is 0.737. The lowest BCUT2D eigenvalue weighted by Crippen LogP contribution is -2.15. The minimum absolute atomic E-state index is 0.0207. The van der Waals surface area contributed by atoms with Crippen LogP contribution in [-0.4, -0.2) is 10.5 Å². The number of para-hydroxylation sites is 1. The molecular formula is C13H13NO3. The molecule has 0 saturated carbocycles. The number of benzene rings is 1. The van der Waals surface area contributed by atoms with Crippen LogP contribution in [0, 0.1) is 0 Å². The lowest BCUT2D eigenvalue weighted by atomic mass is 10.1. The molecular weight excluding hydrogens is 218 g/mol. The predicted molar refractivity (Wildman–Crippen MR) is 64.7 cm³/mol. The number of aryl methyl sites for hydroxylation is 1. The van der Waals surface area contributed by atoms with Crippen LogP contribution in [-0.2, 0) is 23.2 Å². The number of fused-ring (bicyclic) bond motifs is 1. The number of carbonyl (C=O) groups is 1. The number of esters is 1. The summed E-state index contributed by atoms with van der Waals surface area (Å²) in [4.78, 5) is 22.8. The number of nitrogens with zero attached hydrogens (tertiary/aromatic N) is 1. The highest BCUT2D eigenvalue weighted by atomic mass is 16.5. The van der Waals surface area contributed by atoms with Crippen molar-refractivity contribution in [3.8, 4) is 0 Å². The predicted octanol–water partition coefficient (Wildman–Crippen LogP) is 1.60. The van der Waals surface area contributed by atoms with Gasteiger partial charge in [-0.15, -0.1) is 0 Å². The minimum atomic E-state index is -0.389. The summed E-state index contributed by atoms with van der Waals surface area (Å²) in [5.41, 5.74) is 1.27. The fourth-order valence-corrected chi connectivity index (χ4v) is 1.79. The Morgan fingerprint density at radius 2 is 2.06 bits per heavy atom. The Balaban J connectivity index is 2.55. The summed E-state index contributed by atoms with van der Waals surface area (Å²) in [6, 6.07) is 7.36. The molecule has 1 heterocycles. The van der Waals surface area contributed by atoms with Crippen molar-refractivity contribution in [2.24, 2.45) is 7.05 Å². The second kappa shape index (κ2) is 4.41. The van der Waals surface area contributed by atoms with Crippen molar-refractivity contribution in [1.29, 1.82) is 0 Å². The molecule has 0 spiro atoms. The molecule has 0 bridgehead atoms. The number of ether oxygens (including phenoxy) is 1. The molecule has 0 aliphatic rings. The van der Waals surface area contributed by atoms with Gasteiger partial charge < -0.3 is 9.30 Å². The molecule has 17 heavy (non-hydrogen) atoms. The fraction of sp³-hybridized carbons (Fsp3) is 0.231. The van der Waals surface area contributed by atoms with Crippen LogP contribution < -0.4 is 5.43 Å². The van der Waals surface area contributed by atoms with E-state index in [1.54, 1.807) is 12.3 Å². The van der Waals surface area contributed by atoms with Crippen LogP contribution in [0.25, 0.3) is 10.9 Å². The molecule has 2 aromatic rings. The third-order valence-electron chi connectivity index (χ3n) is 2.60. The molecule has 1 aromatic carbocycles. The maximum atomic E-state index is 12.1. The van der Waals surface area contributed by atoms with Crippen LogP contribution in [0.4, 0.5) is 0 Å². The maximum absolute atomic E-state index is 12.1. The van der Waals surface area contributed by atoms with E-state index in [9.17, 15) is 9.59 Å². The van der Waals surface area contributed by atoms with Gasteiger partial charge in [-0.3, -0.25) is 9.59 Å². The van der Waals surface area contributed by atoms with Gasteiger partial charge in [-0.25, -0.2) is 0 Å². The minimum Gasteiger partial charge on any atom is -0.461 e. The molecule has 0 N–H and O–H groups in total. The van der Waals surface area contributed by atoms with E-state index >= 15 is 0 Å². The van der Waals surface area contributed by atoms with Gasteiger partial charge in [0.05, 0.1) is 11.1 Å². The van der Waals surface area contributed by atoms with Crippen LogP contribution in [0.3, 0.4) is 0 Å². The molecule has 0 atom stereocenters. The van der Waals surface area contributed by atoms with Crippen molar-refractivity contribution in [3.63, 3.8) is 0 Å². The van der Waals surface area contributed by atoms with Crippen LogP contribution >= 0.6 is 0 Å². The summed E-state index contributed by atoms with van der Waals surface area (Å²) in [5, 5.41) is 0.639. The summed E-state index contributed by atoms with van der Waals surface area (Å²) in [7, 11) is 1.86. The topological polar surface area (TPSA) is 48.3 Å². The average molecular weight is 231 g/mol. The first-order valence-corrected chi connectivity index (χ1v) is 5.30. The molecule has 1 aromatic heterocycles. The standard InChI is InChI=1S/C13H13NO3/c1-9(15)17-8-10-7-14(2)12-6-4-3-5-11(12)13(10)16/h3-7H,8H2,1-2H3. The van der Waals surface area contributed by atoms with Crippen LogP contribution in [0.1, 0.15) is 12.5 Å². The Morgan fingerprint density at radius 1 is 1.35 bits per heavy atom. The lowest BCUT2D eigenvalue weighted by Gasteiger charge is -2.08. The number of hydrogen-bond acceptors (Lipinski definition) is 3. The van der Waals surface area contributed by atoms with E-state index in [-0.39, 0.29) is 18.0 Å². The maximum Gasteiger partial charge on any atom is 0.302 e. The van der Waals surface area contributed by atoms with Gasteiger partial charge in [0.1, 0.15) is 6.61 Å². The highest BCUT2D eigenvalue weighted by Gasteiger charge is 2.07. The van der Waals surface area contributed by atoms with Gasteiger partial charge in [0.25, 0.3) is 0 Å². The van der Waals surface area contributed by atoms with E-state index in [1.807, 2.05) is 29.8 Å². The molecule has 0 fully saturated rings. The Morgan fingerprint density at radius 3 is 2.76 bits per heavy atom. The first kappa shape index (κ1) is 11.4. The van der Waals surface area contributed by atoms with Crippen LogP contribution in [0.15, 0.2) is 35.3 Å². The van der Waals surface area contributed by atoms with E-state index < -0.39 is 0 Å². The SMILES string of the molecule is CC(=O)OCc1cn(C)c2ccccc2c1=O. The average Bonchev–Trinajstić information content (AvgIpc) is 2.32. The summed E-state index contributed by atoms with van der Waals surface area (Å²) in [6.45, 7) is 1.35. The van der Waals surface area contributed by atoms with Gasteiger partial charge in [0.15, 0.2) is 5.43 Å². The monoisotopic (exact) mass is 231 g/mol. The zero-order valence-corrected chi connectivity index (χ0v) is 9.77. The molecule has 0 aliphatic heterocycles. The van der Waals surface area contributed by atoms with Crippen LogP contribution in [0.5, 0.6) is 0 Å². The van der Waals surface area contributed by atoms with Crippen molar-refractivity contribution in [3.05, 3.63) is 46.2 Å². The molecule has 4 nitrogen and oxygen atoms in total. The highest BCUT2D eigenvalue weighted by Crippen LogP contribution is 2.10. The van der Waals surface area contributed by atoms with Gasteiger partial charge in [-0.2, -0.15) is 0 Å². The third-order valence-corrected chi connectivity index (χ3v) is 2.60. The number of rotatable bonds is 2. The second-order valence-corrected chi connectivity index (χ2v) is 3.89. The molecule has 0 amide bonds. The largest absolute Gasteiger partial charge is 0.461 e. The number of pyridine rings is 1. The first-order valence-electron chi connectivity index (χ1n) is 5.30. The Kier molecular flexibility index (Phi) is 2.95. The Bertz CT molecular complexity index is 628. The second-order valence-electron chi connectivity index (χ2n) is 3.89. The van der Waals surface area contributed by atoms with E-state index in [0.29, 0.717) is 10.9 Å². The third kappa shape index (κ3) is 2.20. The number of aromatic nitrogens is 1. The van der Waals surface area contributed by atoms with Crippen molar-refractivity contribution in [2.75, 3.05) is 0 Å². The lowest BCUT2D eigenvalue weighted by molar-refractivity contribution is -0.142. The van der Waals surface area contributed by atoms with Crippen molar-refractivity contribution in [2.45, 2.75) is 13.5 Å². The van der Waals surface area contributed by atoms with Crippen LogP contribution in [0.2, 0.25) is 0 Å². The molecule has 4 heteroatoms. The normalized spacial score (nSPS) is 10.5. The van der Waals surface area contributed by atoms with E-state index in [0.717, 1.165) is 5.52 Å². The molecule has 88 valence electrons. The van der Waals surface area contributed by atoms with Gasteiger partial charge in [-0.05, 0) is 12.1 Å². The summed E-state index contributed by atoms with van der Waals surface area (Å²) in [5.74, 6) is -0.389. The molecule has 0 aliphatic carbocycles. The molecule has 0 saturated heterocycles. The molecule has 0 unspecified atom stereocenters. The van der Waals surface area contributed by atoms with E-state index in [2.05, 4.69) is 0 Å². The zero-order chi connectivity index (χ0) is 12.4. The molecule has 2 rings (SSSR count). The van der Waals surface area contributed by atoms with Gasteiger partial charge in [0.2, 0.25) is 0 Å². The number of hydrogen-bond donors (Lipinski definition) is 0. The Hall–Kier alpha value is -2.10. The smallest absolute Gasteiger partial charge is 0.302 e. The van der Waals surface area contributed by atoms with Crippen molar-refractivity contribution in [1.82, 2.24) is 4.57 Å². The van der Waals surface area contributed by atoms with E-state index in [1.165, 1.54) is 6.92 Å². The fourth-order valence-electron chi connectivity index (χ4n) is 1.79. The van der Waals surface area contributed by atoms with E-state index in [4.69, 9.17) is 4.74 Å². The molecule has 0 radical (unpaired) electrons.